The minimum atomic E-state index is -3.86. The number of hydrogen-bond acceptors (Lipinski definition) is 7. The third-order valence-corrected chi connectivity index (χ3v) is 10.0. The molecule has 0 aromatic heterocycles. The third kappa shape index (κ3) is 7.22. The lowest BCUT2D eigenvalue weighted by molar-refractivity contribution is -0.142. The van der Waals surface area contributed by atoms with E-state index in [1.807, 2.05) is 13.8 Å². The van der Waals surface area contributed by atoms with E-state index in [4.69, 9.17) is 0 Å². The summed E-state index contributed by atoms with van der Waals surface area (Å²) in [5, 5.41) is 24.3. The van der Waals surface area contributed by atoms with E-state index in [2.05, 4.69) is 28.5 Å². The molecular weight excluding hydrogens is 540 g/mol. The maximum absolute atomic E-state index is 13.8. The van der Waals surface area contributed by atoms with Crippen molar-refractivity contribution in [3.8, 4) is 0 Å². The molecule has 2 aliphatic carbocycles. The number of aliphatic hydroxyl groups is 1. The lowest BCUT2D eigenvalue weighted by Gasteiger charge is -2.33. The summed E-state index contributed by atoms with van der Waals surface area (Å²) in [7, 11) is -3.86. The molecule has 3 fully saturated rings. The van der Waals surface area contributed by atoms with E-state index >= 15 is 0 Å². The summed E-state index contributed by atoms with van der Waals surface area (Å²) >= 11 is 0. The zero-order valence-corrected chi connectivity index (χ0v) is 24.0. The van der Waals surface area contributed by atoms with E-state index in [1.54, 1.807) is 6.08 Å². The Labute approximate surface area is 235 Å². The molecule has 0 aromatic carbocycles. The maximum atomic E-state index is 13.8. The Morgan fingerprint density at radius 1 is 1.20 bits per heavy atom. The Kier molecular flexibility index (Phi) is 10.0. The quantitative estimate of drug-likeness (QED) is 0.179. The highest BCUT2D eigenvalue weighted by Crippen LogP contribution is 2.45. The number of nitrogens with one attached hydrogen (secondary N) is 3. The SMILES string of the molecule is C=CCCC(C)C[C@@H](CC)[C@H](NC(=O)O)C(=O)N1C[C@H](O)C[C@H]1C(=O)NC1(C(=O)NS(=O)(=O)C2CC2)CC1C=C. The van der Waals surface area contributed by atoms with E-state index < -0.39 is 68.7 Å². The van der Waals surface area contributed by atoms with Crippen LogP contribution in [-0.2, 0) is 24.4 Å². The van der Waals surface area contributed by atoms with Crippen LogP contribution < -0.4 is 15.4 Å². The number of carbonyl (C=O) groups excluding carboxylic acids is 3. The van der Waals surface area contributed by atoms with Crippen LogP contribution in [0.4, 0.5) is 4.79 Å². The summed E-state index contributed by atoms with van der Waals surface area (Å²) < 4.78 is 26.8. The molecule has 4 amide bonds. The summed E-state index contributed by atoms with van der Waals surface area (Å²) in [6.45, 7) is 11.1. The highest BCUT2D eigenvalue weighted by Gasteiger charge is 2.62. The van der Waals surface area contributed by atoms with Gasteiger partial charge in [-0.2, -0.15) is 0 Å². The van der Waals surface area contributed by atoms with Gasteiger partial charge in [0.25, 0.3) is 5.91 Å². The van der Waals surface area contributed by atoms with Gasteiger partial charge < -0.3 is 25.7 Å². The Morgan fingerprint density at radius 3 is 2.40 bits per heavy atom. The molecule has 0 radical (unpaired) electrons. The molecule has 40 heavy (non-hydrogen) atoms. The second-order valence-electron chi connectivity index (χ2n) is 11.4. The van der Waals surface area contributed by atoms with E-state index in [0.29, 0.717) is 25.7 Å². The summed E-state index contributed by atoms with van der Waals surface area (Å²) in [5.74, 6) is -2.90. The minimum Gasteiger partial charge on any atom is -0.465 e. The normalized spacial score (nSPS) is 28.1. The first-order valence-electron chi connectivity index (χ1n) is 13.9. The first kappa shape index (κ1) is 31.6. The number of carbonyl (C=O) groups is 4. The number of allylic oxidation sites excluding steroid dienone is 1. The Morgan fingerprint density at radius 2 is 1.88 bits per heavy atom. The summed E-state index contributed by atoms with van der Waals surface area (Å²) in [6, 6.07) is -2.32. The van der Waals surface area contributed by atoms with Crippen LogP contribution in [0.1, 0.15) is 65.2 Å². The number of nitrogens with zero attached hydrogens (tertiary/aromatic N) is 1. The van der Waals surface area contributed by atoms with E-state index in [9.17, 15) is 37.8 Å². The lowest BCUT2D eigenvalue weighted by Crippen LogP contribution is -2.59. The predicted octanol–water partition coefficient (Wildman–Crippen LogP) is 1.27. The third-order valence-electron chi connectivity index (χ3n) is 8.22. The zero-order valence-electron chi connectivity index (χ0n) is 23.2. The van der Waals surface area contributed by atoms with Gasteiger partial charge in [0.05, 0.1) is 11.4 Å². The van der Waals surface area contributed by atoms with Crippen LogP contribution in [0.15, 0.2) is 25.3 Å². The van der Waals surface area contributed by atoms with Crippen molar-refractivity contribution in [2.75, 3.05) is 6.54 Å². The largest absolute Gasteiger partial charge is 0.465 e. The highest BCUT2D eigenvalue weighted by atomic mass is 32.2. The first-order valence-corrected chi connectivity index (χ1v) is 15.4. The summed E-state index contributed by atoms with van der Waals surface area (Å²) in [4.78, 5) is 53.1. The minimum absolute atomic E-state index is 0.110. The van der Waals surface area contributed by atoms with Gasteiger partial charge in [0.1, 0.15) is 17.6 Å². The van der Waals surface area contributed by atoms with Gasteiger partial charge in [-0.25, -0.2) is 13.2 Å². The molecule has 1 heterocycles. The van der Waals surface area contributed by atoms with E-state index in [1.165, 1.54) is 6.08 Å². The van der Waals surface area contributed by atoms with Crippen LogP contribution in [-0.4, -0.2) is 82.9 Å². The van der Waals surface area contributed by atoms with Crippen molar-refractivity contribution in [1.29, 1.82) is 0 Å². The number of carboxylic acid groups (broad SMARTS) is 1. The van der Waals surface area contributed by atoms with Gasteiger partial charge in [0.15, 0.2) is 0 Å². The molecule has 5 N–H and O–H groups in total. The number of amides is 4. The van der Waals surface area contributed by atoms with Crippen LogP contribution in [0.5, 0.6) is 0 Å². The molecule has 3 aliphatic rings. The van der Waals surface area contributed by atoms with Crippen molar-refractivity contribution in [1.82, 2.24) is 20.3 Å². The fourth-order valence-corrected chi connectivity index (χ4v) is 6.96. The Bertz CT molecular complexity index is 1120. The number of hydrogen-bond donors (Lipinski definition) is 5. The Balaban J connectivity index is 1.79. The smallest absolute Gasteiger partial charge is 0.405 e. The van der Waals surface area contributed by atoms with Gasteiger partial charge in [-0.3, -0.25) is 19.1 Å². The highest BCUT2D eigenvalue weighted by molar-refractivity contribution is 7.91. The van der Waals surface area contributed by atoms with Gasteiger partial charge in [0.2, 0.25) is 21.8 Å². The molecule has 0 aromatic rings. The molecule has 0 bridgehead atoms. The average molecular weight is 583 g/mol. The average Bonchev–Trinajstić information content (AvgIpc) is 3.81. The molecule has 12 nitrogen and oxygen atoms in total. The number of likely N-dealkylation sites (tertiary alicyclic amines) is 1. The fraction of sp³-hybridized carbons (Fsp3) is 0.704. The van der Waals surface area contributed by atoms with Crippen molar-refractivity contribution < 1.29 is 37.8 Å². The fourth-order valence-electron chi connectivity index (χ4n) is 5.59. The Hall–Kier alpha value is -2.93. The zero-order chi connectivity index (χ0) is 29.8. The number of rotatable bonds is 15. The molecular formula is C27H42N4O8S. The second kappa shape index (κ2) is 12.7. The topological polar surface area (TPSA) is 182 Å². The van der Waals surface area contributed by atoms with Crippen LogP contribution >= 0.6 is 0 Å². The van der Waals surface area contributed by atoms with Gasteiger partial charge in [-0.1, -0.05) is 32.4 Å². The predicted molar refractivity (Wildman–Crippen MR) is 147 cm³/mol. The van der Waals surface area contributed by atoms with Crippen molar-refractivity contribution >= 4 is 33.8 Å². The maximum Gasteiger partial charge on any atom is 0.405 e. The summed E-state index contributed by atoms with van der Waals surface area (Å²) in [5.41, 5.74) is -1.53. The molecule has 3 unspecified atom stereocenters. The van der Waals surface area contributed by atoms with Crippen molar-refractivity contribution in [3.63, 3.8) is 0 Å². The molecule has 3 rings (SSSR count). The molecule has 7 atom stereocenters. The van der Waals surface area contributed by atoms with E-state index in [-0.39, 0.29) is 31.2 Å². The second-order valence-corrected chi connectivity index (χ2v) is 13.3. The van der Waals surface area contributed by atoms with Crippen LogP contribution in [0.2, 0.25) is 0 Å². The molecule has 224 valence electrons. The number of β-amino-alcohol motifs (C(OH)–C–C–N with tert-alkyl or cyclic N) is 1. The lowest BCUT2D eigenvalue weighted by atomic mass is 9.85. The van der Waals surface area contributed by atoms with Crippen molar-refractivity contribution in [2.45, 2.75) is 94.2 Å². The van der Waals surface area contributed by atoms with Crippen molar-refractivity contribution in [3.05, 3.63) is 25.3 Å². The monoisotopic (exact) mass is 582 g/mol. The molecule has 1 saturated heterocycles. The van der Waals surface area contributed by atoms with Crippen LogP contribution in [0.25, 0.3) is 0 Å². The standard InChI is InChI=1S/C27H42N4O8S/c1-5-8-9-16(4)12-17(6-2)22(28-26(36)37)24(34)31-15-19(32)13-21(31)23(33)29-27(14-18(27)7-3)25(35)30-40(38,39)20-10-11-20/h5,7,16-22,28,32H,1,3,6,8-15H2,2,4H3,(H,29,33)(H,30,35)(H,36,37)/t16?,17-,18?,19-,21+,22+,27?/m1/s1. The van der Waals surface area contributed by atoms with Crippen LogP contribution in [0, 0.1) is 17.8 Å². The first-order chi connectivity index (χ1) is 18.8. The molecule has 2 saturated carbocycles. The van der Waals surface area contributed by atoms with Gasteiger partial charge in [-0.05, 0) is 50.4 Å². The van der Waals surface area contributed by atoms with Crippen LogP contribution in [0.3, 0.4) is 0 Å². The number of sulfonamides is 1. The number of aliphatic hydroxyl groups excluding tert-OH is 1. The van der Waals surface area contributed by atoms with Gasteiger partial charge >= 0.3 is 6.09 Å². The molecule has 0 spiro atoms. The van der Waals surface area contributed by atoms with Gasteiger partial charge in [-0.15, -0.1) is 13.2 Å². The summed E-state index contributed by atoms with van der Waals surface area (Å²) in [6.07, 6.45) is 4.47. The van der Waals surface area contributed by atoms with E-state index in [0.717, 1.165) is 17.7 Å². The molecule has 1 aliphatic heterocycles. The molecule has 13 heteroatoms. The van der Waals surface area contributed by atoms with Gasteiger partial charge in [0, 0.05) is 18.9 Å². The van der Waals surface area contributed by atoms with Crippen molar-refractivity contribution in [2.24, 2.45) is 17.8 Å².